The molecule has 160 valence electrons. The maximum atomic E-state index is 13.3. The van der Waals surface area contributed by atoms with Crippen LogP contribution in [-0.2, 0) is 17.9 Å². The number of aromatic nitrogens is 2. The molecule has 0 radical (unpaired) electrons. The lowest BCUT2D eigenvalue weighted by Gasteiger charge is -3.06. The topological polar surface area (TPSA) is 85.6 Å². The number of hydrogen-bond donors (Lipinski definition) is 1. The summed E-state index contributed by atoms with van der Waals surface area (Å²) in [5, 5.41) is 5.21. The van der Waals surface area contributed by atoms with Crippen molar-refractivity contribution >= 4 is 23.4 Å². The van der Waals surface area contributed by atoms with Crippen LogP contribution in [0.3, 0.4) is 0 Å². The van der Waals surface area contributed by atoms with Crippen molar-refractivity contribution in [3.05, 3.63) is 52.0 Å². The molecular formula is C24H20ClN5O2. The first kappa shape index (κ1) is 17.7. The summed E-state index contributed by atoms with van der Waals surface area (Å²) in [5.41, 5.74) is 8.32. The quantitative estimate of drug-likeness (QED) is 0.733. The molecule has 9 rings (SSSR count). The second-order valence-corrected chi connectivity index (χ2v) is 11.0. The lowest BCUT2D eigenvalue weighted by Crippen LogP contribution is -3.12. The van der Waals surface area contributed by atoms with Gasteiger partial charge in [0, 0.05) is 41.3 Å². The van der Waals surface area contributed by atoms with E-state index in [0.29, 0.717) is 83.5 Å². The van der Waals surface area contributed by atoms with E-state index < -0.39 is 5.91 Å². The molecule has 1 aromatic carbocycles. The zero-order valence-corrected chi connectivity index (χ0v) is 17.9. The Kier molecular flexibility index (Phi) is 2.79. The molecule has 0 saturated heterocycles. The number of nitrogens with two attached hydrogens (primary N) is 1. The number of fused-ring (bicyclic) bond motifs is 1. The third-order valence-electron chi connectivity index (χ3n) is 10.1. The molecule has 1 aromatic heterocycles. The number of rotatable bonds is 4. The van der Waals surface area contributed by atoms with Crippen molar-refractivity contribution in [1.29, 1.82) is 0 Å². The molecule has 6 saturated carbocycles. The summed E-state index contributed by atoms with van der Waals surface area (Å²) in [4.78, 5) is 31.6. The SMILES string of the molecule is [C-]#[N+]C12C3C4C1C1C2C3C41CC(=O)N1CCn2nc(-c3cccc(Cl)c3)c(C(N)=O)c2C1. The first-order chi connectivity index (χ1) is 15.4. The van der Waals surface area contributed by atoms with Crippen LogP contribution in [0.2, 0.25) is 5.02 Å². The van der Waals surface area contributed by atoms with Crippen LogP contribution in [0.15, 0.2) is 24.3 Å². The summed E-state index contributed by atoms with van der Waals surface area (Å²) in [7, 11) is 0. The minimum atomic E-state index is -0.541. The Morgan fingerprint density at radius 2 is 1.91 bits per heavy atom. The van der Waals surface area contributed by atoms with Gasteiger partial charge in [-0.25, -0.2) is 6.57 Å². The van der Waals surface area contributed by atoms with Crippen molar-refractivity contribution < 1.29 is 9.59 Å². The van der Waals surface area contributed by atoms with E-state index in [1.165, 1.54) is 0 Å². The maximum absolute atomic E-state index is 13.3. The zero-order chi connectivity index (χ0) is 21.7. The van der Waals surface area contributed by atoms with Crippen LogP contribution >= 0.6 is 11.6 Å². The summed E-state index contributed by atoms with van der Waals surface area (Å²) in [6.07, 6.45) is 0.603. The summed E-state index contributed by atoms with van der Waals surface area (Å²) in [5.74, 6) is 3.31. The van der Waals surface area contributed by atoms with Crippen LogP contribution in [0.4, 0.5) is 0 Å². The van der Waals surface area contributed by atoms with Gasteiger partial charge in [0.1, 0.15) is 5.69 Å². The second kappa shape index (κ2) is 5.04. The van der Waals surface area contributed by atoms with Crippen molar-refractivity contribution in [3.8, 4) is 11.3 Å². The van der Waals surface area contributed by atoms with Crippen molar-refractivity contribution in [2.24, 2.45) is 46.7 Å². The Morgan fingerprint density at radius 1 is 1.19 bits per heavy atom. The molecule has 2 amide bonds. The van der Waals surface area contributed by atoms with Gasteiger partial charge in [0.05, 0.1) is 24.3 Å². The monoisotopic (exact) mass is 445 g/mol. The van der Waals surface area contributed by atoms with E-state index in [0.717, 1.165) is 5.56 Å². The molecule has 7 aliphatic rings. The molecule has 6 fully saturated rings. The first-order valence-electron chi connectivity index (χ1n) is 11.3. The zero-order valence-electron chi connectivity index (χ0n) is 17.2. The minimum absolute atomic E-state index is 0.00947. The maximum Gasteiger partial charge on any atom is 0.252 e. The number of amides is 2. The number of halogens is 1. The lowest BCUT2D eigenvalue weighted by atomic mass is 8.94. The number of hydrogen-bond acceptors (Lipinski definition) is 3. The molecular weight excluding hydrogens is 426 g/mol. The third kappa shape index (κ3) is 1.48. The third-order valence-corrected chi connectivity index (χ3v) is 10.3. The van der Waals surface area contributed by atoms with Gasteiger partial charge >= 0.3 is 0 Å². The van der Waals surface area contributed by atoms with Crippen molar-refractivity contribution in [3.63, 3.8) is 0 Å². The van der Waals surface area contributed by atoms with E-state index in [4.69, 9.17) is 23.9 Å². The predicted molar refractivity (Wildman–Crippen MR) is 114 cm³/mol. The fourth-order valence-electron chi connectivity index (χ4n) is 9.27. The normalized spacial score (nSPS) is 42.2. The highest BCUT2D eigenvalue weighted by atomic mass is 35.5. The van der Waals surface area contributed by atoms with Gasteiger partial charge in [0.2, 0.25) is 11.4 Å². The Bertz CT molecular complexity index is 1280. The van der Waals surface area contributed by atoms with E-state index in [2.05, 4.69) is 9.94 Å². The van der Waals surface area contributed by atoms with Crippen molar-refractivity contribution in [2.45, 2.75) is 25.0 Å². The lowest BCUT2D eigenvalue weighted by molar-refractivity contribution is -0.609. The van der Waals surface area contributed by atoms with Crippen LogP contribution in [0.1, 0.15) is 22.5 Å². The minimum Gasteiger partial charge on any atom is -0.365 e. The highest BCUT2D eigenvalue weighted by Crippen LogP contribution is 3.08. The van der Waals surface area contributed by atoms with Gasteiger partial charge < -0.3 is 15.5 Å². The highest BCUT2D eigenvalue weighted by Gasteiger charge is 3.14. The molecule has 2 aromatic rings. The van der Waals surface area contributed by atoms with Gasteiger partial charge in [-0.1, -0.05) is 23.7 Å². The van der Waals surface area contributed by atoms with Gasteiger partial charge in [-0.15, -0.1) is 0 Å². The molecule has 6 aliphatic carbocycles. The molecule has 1 aliphatic heterocycles. The molecule has 7 nitrogen and oxygen atoms in total. The first-order valence-corrected chi connectivity index (χ1v) is 11.6. The predicted octanol–water partition coefficient (Wildman–Crippen LogP) is 2.44. The molecule has 32 heavy (non-hydrogen) atoms. The standard InChI is InChI=1S/C24H20ClN5O2/c1-27-24-18-15-19(24)17-20(24)16(18)23(15,17)8-13(31)29-5-6-30-12(9-29)14(22(26)32)21(28-30)10-3-2-4-11(25)7-10/h2-4,7,15-20H,5-6,8-9H2,(H2,26,32). The van der Waals surface area contributed by atoms with Gasteiger partial charge in [-0.05, 0) is 35.3 Å². The Morgan fingerprint density at radius 3 is 2.53 bits per heavy atom. The van der Waals surface area contributed by atoms with Gasteiger partial charge in [0.25, 0.3) is 5.91 Å². The summed E-state index contributed by atoms with van der Waals surface area (Å²) in [6.45, 7) is 9.06. The Hall–Kier alpha value is -2.85. The van der Waals surface area contributed by atoms with Crippen molar-refractivity contribution in [2.75, 3.05) is 6.54 Å². The molecule has 2 N–H and O–H groups in total. The Balaban J connectivity index is 1.06. The van der Waals surface area contributed by atoms with Crippen LogP contribution in [0.5, 0.6) is 0 Å². The number of carbonyl (C=O) groups is 2. The average molecular weight is 446 g/mol. The van der Waals surface area contributed by atoms with Crippen LogP contribution < -0.4 is 5.73 Å². The largest absolute Gasteiger partial charge is 0.365 e. The van der Waals surface area contributed by atoms with E-state index in [1.54, 1.807) is 12.1 Å². The van der Waals surface area contributed by atoms with E-state index in [9.17, 15) is 9.59 Å². The number of carbonyl (C=O) groups excluding carboxylic acids is 2. The molecule has 2 heterocycles. The summed E-state index contributed by atoms with van der Waals surface area (Å²) in [6, 6.07) is 7.22. The average Bonchev–Trinajstić information content (AvgIpc) is 3.18. The number of benzene rings is 1. The van der Waals surface area contributed by atoms with Gasteiger partial charge in [-0.2, -0.15) is 5.10 Å². The van der Waals surface area contributed by atoms with Gasteiger partial charge in [0.15, 0.2) is 0 Å². The molecule has 0 bridgehead atoms. The number of primary amides is 1. The van der Waals surface area contributed by atoms with E-state index in [-0.39, 0.29) is 16.9 Å². The second-order valence-electron chi connectivity index (χ2n) is 10.5. The molecule has 0 spiro atoms. The number of nitrogens with zero attached hydrogens (tertiary/aromatic N) is 4. The van der Waals surface area contributed by atoms with Crippen LogP contribution in [0.25, 0.3) is 16.1 Å². The van der Waals surface area contributed by atoms with Crippen LogP contribution in [-0.4, -0.2) is 38.6 Å². The summed E-state index contributed by atoms with van der Waals surface area (Å²) >= 11 is 6.14. The fourth-order valence-corrected chi connectivity index (χ4v) is 9.46. The fraction of sp³-hybridized carbons (Fsp3) is 0.500. The van der Waals surface area contributed by atoms with Crippen LogP contribution in [0, 0.1) is 47.5 Å². The Labute approximate surface area is 189 Å². The molecule has 8 heteroatoms. The van der Waals surface area contributed by atoms with E-state index in [1.807, 2.05) is 21.7 Å². The van der Waals surface area contributed by atoms with Gasteiger partial charge in [-0.3, -0.25) is 14.3 Å². The van der Waals surface area contributed by atoms with E-state index >= 15 is 0 Å². The molecule has 0 unspecified atom stereocenters. The highest BCUT2D eigenvalue weighted by molar-refractivity contribution is 6.30. The van der Waals surface area contributed by atoms with Crippen molar-refractivity contribution in [1.82, 2.24) is 14.7 Å². The molecule has 0 atom stereocenters. The summed E-state index contributed by atoms with van der Waals surface area (Å²) < 4.78 is 1.81. The smallest absolute Gasteiger partial charge is 0.252 e.